The van der Waals surface area contributed by atoms with Gasteiger partial charge in [-0.05, 0) is 57.6 Å². The number of hydrogen-bond acceptors (Lipinski definition) is 15. The standard InChI is InChI=1S/C45H43ClF2N10O8/c1-21(22(2)66-45(63)52-34-13-24-12-25-18-58-35(37(25)51-33(24)16-32(34)47)15-27-30(42(58)61)20-64-43(62)39(27)59)41(60)57-10-8-56(9-11-57)40-28-14-31(46)29(17-50-23(3)49)36(48)38(28)53-44(54-40)65-19-26-6-5-7-55(26)4/h12-17,22,26,39,59H,1,3,5-11,18-20,49H2,2,4H3,(H,52,63)/b50-17+. The van der Waals surface area contributed by atoms with Gasteiger partial charge in [-0.3, -0.25) is 14.9 Å². The van der Waals surface area contributed by atoms with Crippen molar-refractivity contribution in [3.63, 3.8) is 0 Å². The molecule has 0 spiro atoms. The van der Waals surface area contributed by atoms with E-state index in [4.69, 9.17) is 36.5 Å². The Kier molecular flexibility index (Phi) is 11.7. The second kappa shape index (κ2) is 17.4. The number of ether oxygens (including phenoxy) is 3. The molecule has 18 nitrogen and oxygen atoms in total. The fraction of sp³-hybridized carbons (Fsp3) is 0.333. The number of nitrogens with two attached hydrogens (primary N) is 1. The third kappa shape index (κ3) is 8.15. The Hall–Kier alpha value is -7.03. The number of cyclic esters (lactones) is 1. The number of likely N-dealkylation sites (N-methyl/N-ethyl adjacent to an activating group) is 1. The number of aliphatic hydroxyl groups is 1. The molecule has 0 bridgehead atoms. The maximum absolute atomic E-state index is 16.1. The summed E-state index contributed by atoms with van der Waals surface area (Å²) >= 11 is 6.55. The van der Waals surface area contributed by atoms with Crippen molar-refractivity contribution in [2.24, 2.45) is 10.7 Å². The molecule has 2 saturated heterocycles. The van der Waals surface area contributed by atoms with E-state index in [-0.39, 0.29) is 101 Å². The number of benzene rings is 2. The predicted molar refractivity (Wildman–Crippen MR) is 239 cm³/mol. The maximum atomic E-state index is 16.1. The number of aliphatic imine (C=N–C) groups is 1. The van der Waals surface area contributed by atoms with Gasteiger partial charge in [0.25, 0.3) is 11.5 Å². The number of anilines is 2. The van der Waals surface area contributed by atoms with Crippen LogP contribution in [0.4, 0.5) is 25.1 Å². The molecule has 0 aliphatic carbocycles. The first-order chi connectivity index (χ1) is 31.6. The lowest BCUT2D eigenvalue weighted by atomic mass is 10.0. The highest BCUT2D eigenvalue weighted by molar-refractivity contribution is 6.34. The smallest absolute Gasteiger partial charge is 0.412 e. The zero-order valence-corrected chi connectivity index (χ0v) is 36.5. The Balaban J connectivity index is 0.860. The number of carbonyl (C=O) groups is 3. The highest BCUT2D eigenvalue weighted by atomic mass is 35.5. The topological polar surface area (TPSA) is 220 Å². The number of nitrogens with zero attached hydrogens (tertiary/aromatic N) is 8. The highest BCUT2D eigenvalue weighted by Gasteiger charge is 2.35. The molecule has 0 saturated carbocycles. The molecule has 4 aliphatic rings. The lowest BCUT2D eigenvalue weighted by molar-refractivity contribution is -0.157. The summed E-state index contributed by atoms with van der Waals surface area (Å²) in [5.41, 5.74) is 6.71. The molecule has 21 heteroatoms. The van der Waals surface area contributed by atoms with Crippen molar-refractivity contribution in [3.05, 3.63) is 104 Å². The first-order valence-corrected chi connectivity index (χ1v) is 21.4. The largest absolute Gasteiger partial charge is 0.462 e. The zero-order chi connectivity index (χ0) is 46.7. The average molecular weight is 925 g/mol. The van der Waals surface area contributed by atoms with Gasteiger partial charge in [-0.1, -0.05) is 24.8 Å². The molecule has 2 amide bonds. The summed E-state index contributed by atoms with van der Waals surface area (Å²) in [7, 11) is 2.01. The zero-order valence-electron chi connectivity index (χ0n) is 35.8. The second-order valence-corrected chi connectivity index (χ2v) is 16.9. The summed E-state index contributed by atoms with van der Waals surface area (Å²) in [6.07, 6.45) is -0.639. The summed E-state index contributed by atoms with van der Waals surface area (Å²) in [6.45, 7) is 10.9. The third-order valence-corrected chi connectivity index (χ3v) is 12.6. The molecule has 0 radical (unpaired) electrons. The van der Waals surface area contributed by atoms with Gasteiger partial charge in [-0.25, -0.2) is 28.3 Å². The van der Waals surface area contributed by atoms with Crippen molar-refractivity contribution >= 4 is 69.1 Å². The summed E-state index contributed by atoms with van der Waals surface area (Å²) in [5.74, 6) is -2.59. The normalized spacial score (nSPS) is 18.5. The number of aliphatic hydroxyl groups excluding tert-OH is 1. The van der Waals surface area contributed by atoms with Gasteiger partial charge < -0.3 is 44.3 Å². The van der Waals surface area contributed by atoms with E-state index in [9.17, 15) is 24.3 Å². The Morgan fingerprint density at radius 3 is 2.61 bits per heavy atom. The number of piperazine rings is 1. The minimum atomic E-state index is -1.62. The van der Waals surface area contributed by atoms with E-state index < -0.39 is 47.4 Å². The van der Waals surface area contributed by atoms with Crippen molar-refractivity contribution in [3.8, 4) is 17.4 Å². The van der Waals surface area contributed by atoms with E-state index in [0.717, 1.165) is 25.5 Å². The van der Waals surface area contributed by atoms with Crippen molar-refractivity contribution in [1.82, 2.24) is 29.3 Å². The van der Waals surface area contributed by atoms with Crippen LogP contribution in [0.15, 0.2) is 64.7 Å². The fourth-order valence-electron chi connectivity index (χ4n) is 8.62. The molecule has 3 aromatic heterocycles. The molecule has 3 atom stereocenters. The van der Waals surface area contributed by atoms with E-state index in [1.165, 1.54) is 29.8 Å². The molecular weight excluding hydrogens is 882 g/mol. The van der Waals surface area contributed by atoms with Gasteiger partial charge in [-0.2, -0.15) is 9.97 Å². The summed E-state index contributed by atoms with van der Waals surface area (Å²) in [6, 6.07) is 7.38. The van der Waals surface area contributed by atoms with Crippen LogP contribution < -0.4 is 26.2 Å². The molecule has 66 heavy (non-hydrogen) atoms. The molecule has 4 aliphatic heterocycles. The van der Waals surface area contributed by atoms with Crippen molar-refractivity contribution < 1.29 is 42.5 Å². The number of nitrogens with one attached hydrogen (secondary N) is 1. The highest BCUT2D eigenvalue weighted by Crippen LogP contribution is 2.37. The predicted octanol–water partition coefficient (Wildman–Crippen LogP) is 4.55. The number of halogens is 3. The van der Waals surface area contributed by atoms with E-state index in [1.54, 1.807) is 17.0 Å². The molecule has 9 rings (SSSR count). The van der Waals surface area contributed by atoms with Crippen LogP contribution in [0.25, 0.3) is 33.2 Å². The number of esters is 1. The van der Waals surface area contributed by atoms with Gasteiger partial charge in [0, 0.05) is 72.0 Å². The van der Waals surface area contributed by atoms with Crippen LogP contribution in [0.3, 0.4) is 0 Å². The first-order valence-electron chi connectivity index (χ1n) is 21.0. The Morgan fingerprint density at radius 2 is 1.88 bits per heavy atom. The van der Waals surface area contributed by atoms with Gasteiger partial charge in [0.15, 0.2) is 11.9 Å². The average Bonchev–Trinajstić information content (AvgIpc) is 3.87. The molecular formula is C45H43ClF2N10O8. The number of likely N-dealkylation sites (tertiary alicyclic amines) is 1. The van der Waals surface area contributed by atoms with E-state index in [0.29, 0.717) is 40.1 Å². The number of rotatable bonds is 10. The lowest BCUT2D eigenvalue weighted by Crippen LogP contribution is -2.50. The van der Waals surface area contributed by atoms with Gasteiger partial charge in [0.1, 0.15) is 42.3 Å². The molecule has 4 N–H and O–H groups in total. The van der Waals surface area contributed by atoms with Crippen LogP contribution in [0.2, 0.25) is 5.02 Å². The van der Waals surface area contributed by atoms with Crippen LogP contribution in [-0.2, 0) is 32.2 Å². The van der Waals surface area contributed by atoms with Crippen LogP contribution in [0.1, 0.15) is 48.1 Å². The van der Waals surface area contributed by atoms with Gasteiger partial charge >= 0.3 is 18.1 Å². The molecule has 5 aromatic rings. The summed E-state index contributed by atoms with van der Waals surface area (Å²) in [4.78, 5) is 75.3. The molecule has 3 unspecified atom stereocenters. The van der Waals surface area contributed by atoms with E-state index in [1.807, 2.05) is 11.9 Å². The number of aromatic nitrogens is 4. The van der Waals surface area contributed by atoms with Gasteiger partial charge in [-0.15, -0.1) is 0 Å². The number of amides is 2. The molecule has 2 aromatic carbocycles. The van der Waals surface area contributed by atoms with Crippen LogP contribution in [0.5, 0.6) is 6.01 Å². The molecule has 7 heterocycles. The first kappa shape index (κ1) is 44.2. The Labute approximate surface area is 379 Å². The second-order valence-electron chi connectivity index (χ2n) is 16.5. The van der Waals surface area contributed by atoms with E-state index >= 15 is 8.78 Å². The minimum absolute atomic E-state index is 0.0225. The number of pyridine rings is 2. The van der Waals surface area contributed by atoms with Crippen molar-refractivity contribution in [2.75, 3.05) is 56.6 Å². The lowest BCUT2D eigenvalue weighted by Gasteiger charge is -2.36. The van der Waals surface area contributed by atoms with Crippen molar-refractivity contribution in [2.45, 2.75) is 51.2 Å². The van der Waals surface area contributed by atoms with Crippen molar-refractivity contribution in [1.29, 1.82) is 0 Å². The van der Waals surface area contributed by atoms with Crippen LogP contribution >= 0.6 is 11.6 Å². The number of fused-ring (bicyclic) bond motifs is 6. The minimum Gasteiger partial charge on any atom is -0.462 e. The van der Waals surface area contributed by atoms with Crippen LogP contribution in [-0.4, -0.2) is 117 Å². The molecule has 2 fully saturated rings. The Morgan fingerprint density at radius 1 is 1.11 bits per heavy atom. The SMILES string of the molecule is C=C(N)/N=C/c1c(Cl)cc2c(N3CCN(C(=O)C(=C)C(C)OC(=O)Nc4cc5cc6c(nc5cc4F)-c4cc5c(c(=O)n4C6)COC(=O)C5O)CC3)nc(OCC3CCCN3C)nc2c1F. The fourth-order valence-corrected chi connectivity index (χ4v) is 8.87. The third-order valence-electron chi connectivity index (χ3n) is 12.3. The Bertz CT molecular complexity index is 3010. The summed E-state index contributed by atoms with van der Waals surface area (Å²) in [5, 5.41) is 13.6. The van der Waals surface area contributed by atoms with Gasteiger partial charge in [0.2, 0.25) is 0 Å². The van der Waals surface area contributed by atoms with Crippen LogP contribution in [0, 0.1) is 11.6 Å². The monoisotopic (exact) mass is 924 g/mol. The number of carbonyl (C=O) groups excluding carboxylic acids is 3. The van der Waals surface area contributed by atoms with E-state index in [2.05, 4.69) is 38.3 Å². The summed E-state index contributed by atoms with van der Waals surface area (Å²) < 4.78 is 49.5. The number of hydrogen-bond donors (Lipinski definition) is 3. The maximum Gasteiger partial charge on any atom is 0.412 e. The quantitative estimate of drug-likeness (QED) is 0.0976. The molecule has 342 valence electrons. The van der Waals surface area contributed by atoms with Gasteiger partial charge in [0.05, 0.1) is 45.3 Å².